The number of hydrogen-bond donors (Lipinski definition) is 3. The van der Waals surface area contributed by atoms with Crippen molar-refractivity contribution >= 4 is 0 Å². The Bertz CT molecular complexity index is 891. The van der Waals surface area contributed by atoms with Gasteiger partial charge in [0.1, 0.15) is 6.23 Å². The summed E-state index contributed by atoms with van der Waals surface area (Å²) in [5, 5.41) is 23.9. The maximum absolute atomic E-state index is 10.5. The molecule has 3 N–H and O–H groups in total. The minimum absolute atomic E-state index is 0.321. The zero-order valence-electron chi connectivity index (χ0n) is 15.7. The highest BCUT2D eigenvalue weighted by atomic mass is 16.3. The van der Waals surface area contributed by atoms with Gasteiger partial charge in [-0.3, -0.25) is 15.2 Å². The summed E-state index contributed by atoms with van der Waals surface area (Å²) in [5.74, 6) is 0. The summed E-state index contributed by atoms with van der Waals surface area (Å²) in [6.07, 6.45) is 0.362. The lowest BCUT2D eigenvalue weighted by Gasteiger charge is -2.21. The number of β-amino-alcohol motifs (C(OH)–C–C–N with tert-alkyl or cyclic N) is 1. The summed E-state index contributed by atoms with van der Waals surface area (Å²) in [7, 11) is 0. The van der Waals surface area contributed by atoms with E-state index in [0.717, 1.165) is 29.9 Å². The molecular formula is C23H25N3O2. The monoisotopic (exact) mass is 375 g/mol. The van der Waals surface area contributed by atoms with Crippen molar-refractivity contribution in [3.05, 3.63) is 89.6 Å². The number of pyridine rings is 1. The molecule has 1 aliphatic rings. The summed E-state index contributed by atoms with van der Waals surface area (Å²) in [4.78, 5) is 6.58. The molecule has 0 spiro atoms. The molecule has 0 saturated heterocycles. The molecule has 144 valence electrons. The van der Waals surface area contributed by atoms with Gasteiger partial charge in [-0.2, -0.15) is 0 Å². The van der Waals surface area contributed by atoms with E-state index in [2.05, 4.69) is 39.5 Å². The van der Waals surface area contributed by atoms with Crippen LogP contribution in [0.15, 0.2) is 72.9 Å². The maximum atomic E-state index is 10.5. The van der Waals surface area contributed by atoms with Crippen molar-refractivity contribution in [1.82, 2.24) is 15.2 Å². The molecular weight excluding hydrogens is 350 g/mol. The van der Waals surface area contributed by atoms with Crippen LogP contribution in [0.1, 0.15) is 22.9 Å². The van der Waals surface area contributed by atoms with Crippen molar-refractivity contribution in [2.45, 2.75) is 25.4 Å². The molecule has 1 aromatic heterocycles. The number of aliphatic hydroxyl groups is 2. The minimum Gasteiger partial charge on any atom is -0.390 e. The molecule has 5 nitrogen and oxygen atoms in total. The molecule has 0 amide bonds. The topological polar surface area (TPSA) is 68.6 Å². The second-order valence-corrected chi connectivity index (χ2v) is 7.24. The molecule has 2 atom stereocenters. The van der Waals surface area contributed by atoms with Crippen LogP contribution in [0.2, 0.25) is 0 Å². The number of nitrogens with one attached hydrogen (secondary N) is 1. The van der Waals surface area contributed by atoms with Crippen LogP contribution in [0.4, 0.5) is 0 Å². The molecule has 1 aliphatic heterocycles. The van der Waals surface area contributed by atoms with Crippen LogP contribution >= 0.6 is 0 Å². The Hall–Kier alpha value is -2.57. The Kier molecular flexibility index (Phi) is 5.78. The van der Waals surface area contributed by atoms with Gasteiger partial charge < -0.3 is 10.2 Å². The Morgan fingerprint density at radius 2 is 1.68 bits per heavy atom. The Morgan fingerprint density at radius 1 is 0.929 bits per heavy atom. The van der Waals surface area contributed by atoms with Crippen molar-refractivity contribution in [2.24, 2.45) is 0 Å². The van der Waals surface area contributed by atoms with Crippen LogP contribution < -0.4 is 5.32 Å². The number of benzene rings is 2. The van der Waals surface area contributed by atoms with Gasteiger partial charge in [-0.25, -0.2) is 0 Å². The first-order chi connectivity index (χ1) is 13.7. The third kappa shape index (κ3) is 4.46. The van der Waals surface area contributed by atoms with Crippen LogP contribution in [0, 0.1) is 0 Å². The number of aliphatic hydroxyl groups excluding tert-OH is 2. The summed E-state index contributed by atoms with van der Waals surface area (Å²) in [5.41, 5.74) is 5.23. The average Bonchev–Trinajstić information content (AvgIpc) is 3.15. The van der Waals surface area contributed by atoms with Gasteiger partial charge in [0, 0.05) is 37.9 Å². The van der Waals surface area contributed by atoms with E-state index >= 15 is 0 Å². The first-order valence-corrected chi connectivity index (χ1v) is 9.59. The number of fused-ring (bicyclic) bond motifs is 1. The van der Waals surface area contributed by atoms with Crippen LogP contribution in [0.3, 0.4) is 0 Å². The van der Waals surface area contributed by atoms with Gasteiger partial charge in [0.25, 0.3) is 0 Å². The highest BCUT2D eigenvalue weighted by Crippen LogP contribution is 2.23. The number of rotatable bonds is 7. The highest BCUT2D eigenvalue weighted by molar-refractivity contribution is 5.59. The third-order valence-corrected chi connectivity index (χ3v) is 5.09. The predicted octanol–water partition coefficient (Wildman–Crippen LogP) is 2.71. The Labute approximate surface area is 165 Å². The Morgan fingerprint density at radius 3 is 2.39 bits per heavy atom. The van der Waals surface area contributed by atoms with Crippen molar-refractivity contribution in [1.29, 1.82) is 0 Å². The smallest absolute Gasteiger partial charge is 0.131 e. The van der Waals surface area contributed by atoms with E-state index in [-0.39, 0.29) is 0 Å². The lowest BCUT2D eigenvalue weighted by atomic mass is 10.1. The normalized spacial score (nSPS) is 15.9. The molecule has 2 heterocycles. The first-order valence-electron chi connectivity index (χ1n) is 9.59. The molecule has 2 aromatic carbocycles. The third-order valence-electron chi connectivity index (χ3n) is 5.09. The number of hydrogen-bond acceptors (Lipinski definition) is 5. The largest absolute Gasteiger partial charge is 0.390 e. The van der Waals surface area contributed by atoms with Crippen LogP contribution in [-0.2, 0) is 13.1 Å². The average molecular weight is 375 g/mol. The summed E-state index contributed by atoms with van der Waals surface area (Å²) < 4.78 is 0. The van der Waals surface area contributed by atoms with Gasteiger partial charge in [0.2, 0.25) is 0 Å². The van der Waals surface area contributed by atoms with Gasteiger partial charge >= 0.3 is 0 Å². The van der Waals surface area contributed by atoms with E-state index in [0.29, 0.717) is 13.1 Å². The minimum atomic E-state index is -0.839. The van der Waals surface area contributed by atoms with Gasteiger partial charge in [-0.15, -0.1) is 0 Å². The van der Waals surface area contributed by atoms with Gasteiger partial charge in [-0.05, 0) is 34.9 Å². The maximum Gasteiger partial charge on any atom is 0.131 e. The van der Waals surface area contributed by atoms with Gasteiger partial charge in [-0.1, -0.05) is 48.5 Å². The van der Waals surface area contributed by atoms with Gasteiger partial charge in [0.15, 0.2) is 0 Å². The summed E-state index contributed by atoms with van der Waals surface area (Å²) in [6, 6.07) is 21.8. The quantitative estimate of drug-likeness (QED) is 0.554. The highest BCUT2D eigenvalue weighted by Gasteiger charge is 2.21. The standard InChI is InChI=1S/C23H25N3O2/c27-21(16-26-14-19-6-1-2-7-20(19)15-26)13-25-23(28)18-9-5-8-17(12-18)22-10-3-4-11-24-22/h1-12,21,23,25,27-28H,13-16H2. The van der Waals surface area contributed by atoms with E-state index in [9.17, 15) is 10.2 Å². The van der Waals surface area contributed by atoms with E-state index < -0.39 is 12.3 Å². The second-order valence-electron chi connectivity index (χ2n) is 7.24. The molecule has 0 radical (unpaired) electrons. The first kappa shape index (κ1) is 18.8. The van der Waals surface area contributed by atoms with Crippen molar-refractivity contribution in [3.8, 4) is 11.3 Å². The molecule has 5 heteroatoms. The molecule has 0 saturated carbocycles. The fourth-order valence-corrected chi connectivity index (χ4v) is 3.66. The van der Waals surface area contributed by atoms with E-state index in [1.165, 1.54) is 11.1 Å². The van der Waals surface area contributed by atoms with Crippen LogP contribution in [-0.4, -0.2) is 39.3 Å². The van der Waals surface area contributed by atoms with E-state index in [1.54, 1.807) is 6.20 Å². The SMILES string of the molecule is OC(CNC(O)c1cccc(-c2ccccn2)c1)CN1Cc2ccccc2C1. The molecule has 28 heavy (non-hydrogen) atoms. The van der Waals surface area contributed by atoms with Crippen molar-refractivity contribution < 1.29 is 10.2 Å². The number of aromatic nitrogens is 1. The molecule has 0 bridgehead atoms. The fraction of sp³-hybridized carbons (Fsp3) is 0.261. The lowest BCUT2D eigenvalue weighted by Crippen LogP contribution is -2.37. The molecule has 0 fully saturated rings. The molecule has 0 aliphatic carbocycles. The lowest BCUT2D eigenvalue weighted by molar-refractivity contribution is 0.0775. The van der Waals surface area contributed by atoms with Crippen LogP contribution in [0.25, 0.3) is 11.3 Å². The van der Waals surface area contributed by atoms with Gasteiger partial charge in [0.05, 0.1) is 11.8 Å². The second kappa shape index (κ2) is 8.63. The Balaban J connectivity index is 1.30. The summed E-state index contributed by atoms with van der Waals surface area (Å²) in [6.45, 7) is 2.62. The number of nitrogens with zero attached hydrogens (tertiary/aromatic N) is 2. The molecule has 4 rings (SSSR count). The van der Waals surface area contributed by atoms with Crippen molar-refractivity contribution in [2.75, 3.05) is 13.1 Å². The predicted molar refractivity (Wildman–Crippen MR) is 109 cm³/mol. The summed E-state index contributed by atoms with van der Waals surface area (Å²) >= 11 is 0. The fourth-order valence-electron chi connectivity index (χ4n) is 3.66. The van der Waals surface area contributed by atoms with E-state index in [1.807, 2.05) is 42.5 Å². The zero-order valence-corrected chi connectivity index (χ0v) is 15.7. The molecule has 2 unspecified atom stereocenters. The van der Waals surface area contributed by atoms with Crippen LogP contribution in [0.5, 0.6) is 0 Å². The van der Waals surface area contributed by atoms with E-state index in [4.69, 9.17) is 0 Å². The zero-order chi connectivity index (χ0) is 19.3. The molecule has 3 aromatic rings. The van der Waals surface area contributed by atoms with Crippen molar-refractivity contribution in [3.63, 3.8) is 0 Å².